The first-order valence-electron chi connectivity index (χ1n) is 7.78. The minimum absolute atomic E-state index is 0.117. The van der Waals surface area contributed by atoms with E-state index in [4.69, 9.17) is 9.47 Å². The fourth-order valence-corrected chi connectivity index (χ4v) is 3.35. The maximum Gasteiger partial charge on any atom is 0.410 e. The van der Waals surface area contributed by atoms with Gasteiger partial charge in [0.1, 0.15) is 12.7 Å². The number of esters is 1. The average molecular weight is 303 g/mol. The molecule has 2 fully saturated rings. The third-order valence-corrected chi connectivity index (χ3v) is 4.62. The number of amides is 1. The van der Waals surface area contributed by atoms with E-state index in [1.165, 1.54) is 0 Å². The van der Waals surface area contributed by atoms with Crippen molar-refractivity contribution in [3.63, 3.8) is 0 Å². The molecule has 0 bridgehead atoms. The lowest BCUT2D eigenvalue weighted by molar-refractivity contribution is -0.164. The molecule has 0 radical (unpaired) electrons. The zero-order valence-electron chi connectivity index (χ0n) is 12.7. The number of benzene rings is 1. The van der Waals surface area contributed by atoms with E-state index in [1.54, 1.807) is 4.90 Å². The van der Waals surface area contributed by atoms with Crippen molar-refractivity contribution >= 4 is 12.1 Å². The van der Waals surface area contributed by atoms with Crippen LogP contribution in [0.4, 0.5) is 4.79 Å². The molecular formula is C17H21NO4. The lowest BCUT2D eigenvalue weighted by Crippen LogP contribution is -2.51. The van der Waals surface area contributed by atoms with Crippen molar-refractivity contribution in [2.75, 3.05) is 13.1 Å². The highest BCUT2D eigenvalue weighted by Crippen LogP contribution is 2.34. The summed E-state index contributed by atoms with van der Waals surface area (Å²) in [4.78, 5) is 25.4. The molecule has 1 amide bonds. The summed E-state index contributed by atoms with van der Waals surface area (Å²) in [6, 6.07) is 9.64. The maximum atomic E-state index is 12.2. The number of hydrogen-bond acceptors (Lipinski definition) is 4. The smallest absolute Gasteiger partial charge is 0.410 e. The summed E-state index contributed by atoms with van der Waals surface area (Å²) in [5.41, 5.74) is 0.978. The summed E-state index contributed by atoms with van der Waals surface area (Å²) in [6.45, 7) is 3.45. The van der Waals surface area contributed by atoms with Crippen LogP contribution in [0.15, 0.2) is 30.3 Å². The highest BCUT2D eigenvalue weighted by atomic mass is 16.6. The lowest BCUT2D eigenvalue weighted by Gasteiger charge is -2.42. The van der Waals surface area contributed by atoms with Crippen molar-refractivity contribution in [2.45, 2.75) is 32.5 Å². The van der Waals surface area contributed by atoms with Crippen LogP contribution in [0.1, 0.15) is 25.3 Å². The molecule has 118 valence electrons. The predicted molar refractivity (Wildman–Crippen MR) is 80.0 cm³/mol. The van der Waals surface area contributed by atoms with E-state index in [9.17, 15) is 9.59 Å². The van der Waals surface area contributed by atoms with E-state index in [2.05, 4.69) is 0 Å². The SMILES string of the molecule is CC1OC(=O)CC2CCN(C(=O)OCc3ccccc3)CC21. The summed E-state index contributed by atoms with van der Waals surface area (Å²) < 4.78 is 10.7. The summed E-state index contributed by atoms with van der Waals surface area (Å²) in [7, 11) is 0. The molecule has 0 aliphatic carbocycles. The normalized spacial score (nSPS) is 27.8. The number of rotatable bonds is 2. The van der Waals surface area contributed by atoms with Gasteiger partial charge in [-0.2, -0.15) is 0 Å². The van der Waals surface area contributed by atoms with Gasteiger partial charge in [0.15, 0.2) is 0 Å². The number of cyclic esters (lactones) is 1. The van der Waals surface area contributed by atoms with Crippen LogP contribution in [0.5, 0.6) is 0 Å². The van der Waals surface area contributed by atoms with Crippen molar-refractivity contribution in [3.8, 4) is 0 Å². The Balaban J connectivity index is 1.55. The second kappa shape index (κ2) is 6.38. The maximum absolute atomic E-state index is 12.2. The molecule has 2 aliphatic rings. The molecule has 0 spiro atoms. The fourth-order valence-electron chi connectivity index (χ4n) is 3.35. The molecule has 3 atom stereocenters. The van der Waals surface area contributed by atoms with Crippen molar-refractivity contribution in [3.05, 3.63) is 35.9 Å². The predicted octanol–water partition coefficient (Wildman–Crippen LogP) is 2.60. The van der Waals surface area contributed by atoms with Gasteiger partial charge in [-0.3, -0.25) is 4.79 Å². The molecule has 2 saturated heterocycles. The number of ether oxygens (including phenoxy) is 2. The Morgan fingerprint density at radius 2 is 2.14 bits per heavy atom. The number of likely N-dealkylation sites (tertiary alicyclic amines) is 1. The number of carbonyl (C=O) groups excluding carboxylic acids is 2. The number of fused-ring (bicyclic) bond motifs is 1. The molecule has 0 aromatic heterocycles. The van der Waals surface area contributed by atoms with Gasteiger partial charge in [0.2, 0.25) is 0 Å². The molecule has 0 N–H and O–H groups in total. The van der Waals surface area contributed by atoms with Gasteiger partial charge >= 0.3 is 12.1 Å². The lowest BCUT2D eigenvalue weighted by atomic mass is 9.78. The number of nitrogens with zero attached hydrogens (tertiary/aromatic N) is 1. The van der Waals surface area contributed by atoms with Crippen LogP contribution in [0.2, 0.25) is 0 Å². The third-order valence-electron chi connectivity index (χ3n) is 4.62. The van der Waals surface area contributed by atoms with Gasteiger partial charge in [0.25, 0.3) is 0 Å². The second-order valence-corrected chi connectivity index (χ2v) is 6.10. The Bertz CT molecular complexity index is 545. The standard InChI is InChI=1S/C17H21NO4/c1-12-15-10-18(8-7-14(15)9-16(19)22-12)17(20)21-11-13-5-3-2-4-6-13/h2-6,12,14-15H,7-11H2,1H3. The van der Waals surface area contributed by atoms with Crippen LogP contribution in [-0.4, -0.2) is 36.2 Å². The van der Waals surface area contributed by atoms with Crippen molar-refractivity contribution in [1.82, 2.24) is 4.90 Å². The first-order chi connectivity index (χ1) is 10.6. The van der Waals surface area contributed by atoms with Crippen LogP contribution in [0.25, 0.3) is 0 Å². The molecule has 22 heavy (non-hydrogen) atoms. The van der Waals surface area contributed by atoms with E-state index in [0.29, 0.717) is 25.4 Å². The Hall–Kier alpha value is -2.04. The van der Waals surface area contributed by atoms with Crippen LogP contribution < -0.4 is 0 Å². The van der Waals surface area contributed by atoms with Crippen LogP contribution in [0, 0.1) is 11.8 Å². The Kier molecular flexibility index (Phi) is 4.32. The van der Waals surface area contributed by atoms with Gasteiger partial charge in [-0.15, -0.1) is 0 Å². The van der Waals surface area contributed by atoms with Gasteiger partial charge in [0, 0.05) is 25.4 Å². The largest absolute Gasteiger partial charge is 0.462 e. The van der Waals surface area contributed by atoms with Crippen molar-refractivity contribution in [1.29, 1.82) is 0 Å². The first-order valence-corrected chi connectivity index (χ1v) is 7.78. The van der Waals surface area contributed by atoms with Crippen molar-refractivity contribution in [2.24, 2.45) is 11.8 Å². The molecule has 1 aromatic carbocycles. The zero-order chi connectivity index (χ0) is 15.5. The molecule has 5 nitrogen and oxygen atoms in total. The van der Waals surface area contributed by atoms with Crippen LogP contribution >= 0.6 is 0 Å². The summed E-state index contributed by atoms with van der Waals surface area (Å²) >= 11 is 0. The van der Waals surface area contributed by atoms with Gasteiger partial charge in [-0.1, -0.05) is 30.3 Å². The van der Waals surface area contributed by atoms with Crippen LogP contribution in [0.3, 0.4) is 0 Å². The van der Waals surface area contributed by atoms with Gasteiger partial charge in [0.05, 0.1) is 0 Å². The van der Waals surface area contributed by atoms with E-state index < -0.39 is 0 Å². The van der Waals surface area contributed by atoms with Gasteiger partial charge in [-0.25, -0.2) is 4.79 Å². The second-order valence-electron chi connectivity index (χ2n) is 6.10. The topological polar surface area (TPSA) is 55.8 Å². The van der Waals surface area contributed by atoms with E-state index >= 15 is 0 Å². The third kappa shape index (κ3) is 3.24. The number of hydrogen-bond donors (Lipinski definition) is 0. The fraction of sp³-hybridized carbons (Fsp3) is 0.529. The monoisotopic (exact) mass is 303 g/mol. The van der Waals surface area contributed by atoms with E-state index in [1.807, 2.05) is 37.3 Å². The molecule has 1 aromatic rings. The number of carbonyl (C=O) groups is 2. The molecule has 3 unspecified atom stereocenters. The Morgan fingerprint density at radius 1 is 1.36 bits per heavy atom. The minimum Gasteiger partial charge on any atom is -0.462 e. The van der Waals surface area contributed by atoms with E-state index in [0.717, 1.165) is 12.0 Å². The molecule has 0 saturated carbocycles. The molecule has 3 rings (SSSR count). The Labute approximate surface area is 130 Å². The number of piperidine rings is 1. The van der Waals surface area contributed by atoms with E-state index in [-0.39, 0.29) is 30.7 Å². The zero-order valence-corrected chi connectivity index (χ0v) is 12.7. The average Bonchev–Trinajstić information content (AvgIpc) is 2.53. The molecule has 2 heterocycles. The summed E-state index contributed by atoms with van der Waals surface area (Å²) in [5.74, 6) is 0.430. The summed E-state index contributed by atoms with van der Waals surface area (Å²) in [5, 5.41) is 0. The van der Waals surface area contributed by atoms with Crippen molar-refractivity contribution < 1.29 is 19.1 Å². The molecular weight excluding hydrogens is 282 g/mol. The Morgan fingerprint density at radius 3 is 2.91 bits per heavy atom. The molecule has 5 heteroatoms. The minimum atomic E-state index is -0.286. The van der Waals surface area contributed by atoms with Gasteiger partial charge < -0.3 is 14.4 Å². The quantitative estimate of drug-likeness (QED) is 0.788. The highest BCUT2D eigenvalue weighted by Gasteiger charge is 2.41. The highest BCUT2D eigenvalue weighted by molar-refractivity contribution is 5.71. The van der Waals surface area contributed by atoms with Crippen LogP contribution in [-0.2, 0) is 20.9 Å². The van der Waals surface area contributed by atoms with Gasteiger partial charge in [-0.05, 0) is 24.8 Å². The first kappa shape index (κ1) is 14.9. The summed E-state index contributed by atoms with van der Waals surface area (Å²) in [6.07, 6.45) is 0.897. The molecule has 2 aliphatic heterocycles.